The molecule has 0 N–H and O–H groups in total. The van der Waals surface area contributed by atoms with Crippen LogP contribution in [0, 0.1) is 17.8 Å². The largest absolute Gasteiger partial charge is 0.0651 e. The van der Waals surface area contributed by atoms with Gasteiger partial charge in [-0.15, -0.1) is 0 Å². The van der Waals surface area contributed by atoms with E-state index in [1.807, 2.05) is 0 Å². The summed E-state index contributed by atoms with van der Waals surface area (Å²) in [5.74, 6) is 4.02. The molecule has 5 atom stereocenters. The fourth-order valence-corrected chi connectivity index (χ4v) is 3.98. The first-order chi connectivity index (χ1) is 10.5. The molecule has 2 rings (SSSR count). The number of hydrogen-bond donors (Lipinski definition) is 0. The van der Waals surface area contributed by atoms with Crippen LogP contribution < -0.4 is 0 Å². The Kier molecular flexibility index (Phi) is 6.53. The summed E-state index contributed by atoms with van der Waals surface area (Å²) in [6, 6.07) is 9.66. The number of benzene rings is 1. The maximum Gasteiger partial charge on any atom is -0.0159 e. The Hall–Kier alpha value is -0.780. The summed E-state index contributed by atoms with van der Waals surface area (Å²) < 4.78 is 0. The normalized spacial score (nSPS) is 29.4. The summed E-state index contributed by atoms with van der Waals surface area (Å²) in [6.45, 7) is 11.9. The molecule has 1 aromatic carbocycles. The van der Waals surface area contributed by atoms with E-state index in [9.17, 15) is 0 Å². The lowest BCUT2D eigenvalue weighted by Crippen LogP contribution is -2.12. The standard InChI is InChI=1S/C22H36/c1-6-18(4)19(5)20-11-13-21(14-12-20)22-10-9-16(2)7-8-17(3)15-22/h11-14,16-19,22H,6-10,15H2,1-5H3. The van der Waals surface area contributed by atoms with Crippen molar-refractivity contribution in [2.24, 2.45) is 17.8 Å². The van der Waals surface area contributed by atoms with E-state index in [4.69, 9.17) is 0 Å². The molecule has 1 saturated carbocycles. The molecule has 1 aromatic rings. The molecule has 0 heterocycles. The van der Waals surface area contributed by atoms with E-state index in [0.29, 0.717) is 5.92 Å². The zero-order chi connectivity index (χ0) is 16.1. The van der Waals surface area contributed by atoms with Gasteiger partial charge in [-0.25, -0.2) is 0 Å². The summed E-state index contributed by atoms with van der Waals surface area (Å²) in [4.78, 5) is 0. The summed E-state index contributed by atoms with van der Waals surface area (Å²) in [5, 5.41) is 0. The van der Waals surface area contributed by atoms with E-state index in [0.717, 1.165) is 23.7 Å². The monoisotopic (exact) mass is 300 g/mol. The highest BCUT2D eigenvalue weighted by Crippen LogP contribution is 2.36. The molecule has 1 fully saturated rings. The molecule has 0 radical (unpaired) electrons. The molecule has 0 aliphatic heterocycles. The van der Waals surface area contributed by atoms with Crippen LogP contribution in [0.3, 0.4) is 0 Å². The topological polar surface area (TPSA) is 0 Å². The Morgan fingerprint density at radius 3 is 2.14 bits per heavy atom. The molecular weight excluding hydrogens is 264 g/mol. The highest BCUT2D eigenvalue weighted by atomic mass is 14.3. The van der Waals surface area contributed by atoms with Crippen LogP contribution in [0.25, 0.3) is 0 Å². The fourth-order valence-electron chi connectivity index (χ4n) is 3.98. The van der Waals surface area contributed by atoms with Gasteiger partial charge in [0.25, 0.3) is 0 Å². The van der Waals surface area contributed by atoms with E-state index in [2.05, 4.69) is 58.9 Å². The van der Waals surface area contributed by atoms with Crippen molar-refractivity contribution in [1.82, 2.24) is 0 Å². The van der Waals surface area contributed by atoms with Crippen LogP contribution in [0.5, 0.6) is 0 Å². The summed E-state index contributed by atoms with van der Waals surface area (Å²) >= 11 is 0. The maximum atomic E-state index is 2.45. The molecule has 0 saturated heterocycles. The average molecular weight is 301 g/mol. The molecule has 1 aliphatic carbocycles. The van der Waals surface area contributed by atoms with E-state index >= 15 is 0 Å². The Morgan fingerprint density at radius 2 is 1.50 bits per heavy atom. The van der Waals surface area contributed by atoms with Gasteiger partial charge in [0.15, 0.2) is 0 Å². The van der Waals surface area contributed by atoms with Crippen molar-refractivity contribution >= 4 is 0 Å². The van der Waals surface area contributed by atoms with Crippen molar-refractivity contribution in [2.45, 2.75) is 85.0 Å². The van der Waals surface area contributed by atoms with E-state index in [1.54, 1.807) is 5.56 Å². The van der Waals surface area contributed by atoms with Crippen LogP contribution in [-0.2, 0) is 0 Å². The van der Waals surface area contributed by atoms with Gasteiger partial charge in [0.2, 0.25) is 0 Å². The van der Waals surface area contributed by atoms with E-state index < -0.39 is 0 Å². The minimum Gasteiger partial charge on any atom is -0.0651 e. The summed E-state index contributed by atoms with van der Waals surface area (Å²) in [7, 11) is 0. The van der Waals surface area contributed by atoms with Crippen LogP contribution in [0.1, 0.15) is 96.1 Å². The first-order valence-corrected chi connectivity index (χ1v) is 9.61. The number of hydrogen-bond acceptors (Lipinski definition) is 0. The highest BCUT2D eigenvalue weighted by Gasteiger charge is 2.21. The Bertz CT molecular complexity index is 430. The van der Waals surface area contributed by atoms with Gasteiger partial charge in [-0.05, 0) is 53.6 Å². The third kappa shape index (κ3) is 4.61. The second-order valence-corrected chi connectivity index (χ2v) is 8.14. The van der Waals surface area contributed by atoms with Crippen LogP contribution in [0.4, 0.5) is 0 Å². The fraction of sp³-hybridized carbons (Fsp3) is 0.727. The Morgan fingerprint density at radius 1 is 0.909 bits per heavy atom. The van der Waals surface area contributed by atoms with Gasteiger partial charge in [-0.2, -0.15) is 0 Å². The molecule has 0 heteroatoms. The van der Waals surface area contributed by atoms with Crippen molar-refractivity contribution < 1.29 is 0 Å². The van der Waals surface area contributed by atoms with Gasteiger partial charge in [-0.3, -0.25) is 0 Å². The molecule has 1 aliphatic rings. The molecule has 22 heavy (non-hydrogen) atoms. The van der Waals surface area contributed by atoms with Gasteiger partial charge in [0.1, 0.15) is 0 Å². The molecule has 0 nitrogen and oxygen atoms in total. The second-order valence-electron chi connectivity index (χ2n) is 8.14. The van der Waals surface area contributed by atoms with Crippen LogP contribution in [0.15, 0.2) is 24.3 Å². The molecule has 0 spiro atoms. The van der Waals surface area contributed by atoms with Gasteiger partial charge in [0.05, 0.1) is 0 Å². The van der Waals surface area contributed by atoms with Gasteiger partial charge >= 0.3 is 0 Å². The first-order valence-electron chi connectivity index (χ1n) is 9.61. The molecule has 0 bridgehead atoms. The second kappa shape index (κ2) is 8.18. The quantitative estimate of drug-likeness (QED) is 0.553. The SMILES string of the molecule is CCC(C)C(C)c1ccc(C2CCC(C)CCC(C)C2)cc1. The number of rotatable bonds is 4. The van der Waals surface area contributed by atoms with E-state index in [-0.39, 0.29) is 0 Å². The third-order valence-electron chi connectivity index (χ3n) is 6.28. The van der Waals surface area contributed by atoms with Crippen LogP contribution in [-0.4, -0.2) is 0 Å². The molecule has 5 unspecified atom stereocenters. The minimum atomic E-state index is 0.676. The molecular formula is C22H36. The lowest BCUT2D eigenvalue weighted by Gasteiger charge is -2.27. The molecule has 124 valence electrons. The smallest absolute Gasteiger partial charge is 0.0159 e. The van der Waals surface area contributed by atoms with Crippen molar-refractivity contribution in [2.75, 3.05) is 0 Å². The van der Waals surface area contributed by atoms with Crippen LogP contribution in [0.2, 0.25) is 0 Å². The predicted molar refractivity (Wildman–Crippen MR) is 98.5 cm³/mol. The Labute approximate surface area is 138 Å². The summed E-state index contributed by atoms with van der Waals surface area (Å²) in [6.07, 6.45) is 8.28. The van der Waals surface area contributed by atoms with Crippen LogP contribution >= 0.6 is 0 Å². The van der Waals surface area contributed by atoms with Crippen molar-refractivity contribution in [3.63, 3.8) is 0 Å². The maximum absolute atomic E-state index is 2.45. The predicted octanol–water partition coefficient (Wildman–Crippen LogP) is 7.16. The molecule has 0 amide bonds. The Balaban J connectivity index is 2.08. The first kappa shape index (κ1) is 17.6. The summed E-state index contributed by atoms with van der Waals surface area (Å²) in [5.41, 5.74) is 3.10. The van der Waals surface area contributed by atoms with Gasteiger partial charge in [-0.1, -0.05) is 84.6 Å². The zero-order valence-corrected chi connectivity index (χ0v) is 15.4. The van der Waals surface area contributed by atoms with E-state index in [1.165, 1.54) is 44.1 Å². The van der Waals surface area contributed by atoms with Gasteiger partial charge in [0, 0.05) is 0 Å². The highest BCUT2D eigenvalue weighted by molar-refractivity contribution is 5.28. The zero-order valence-electron chi connectivity index (χ0n) is 15.4. The van der Waals surface area contributed by atoms with Crippen molar-refractivity contribution in [3.05, 3.63) is 35.4 Å². The average Bonchev–Trinajstić information content (AvgIpc) is 2.54. The molecule has 0 aromatic heterocycles. The van der Waals surface area contributed by atoms with Gasteiger partial charge < -0.3 is 0 Å². The van der Waals surface area contributed by atoms with Crippen molar-refractivity contribution in [3.8, 4) is 0 Å². The lowest BCUT2D eigenvalue weighted by molar-refractivity contribution is 0.316. The minimum absolute atomic E-state index is 0.676. The lowest BCUT2D eigenvalue weighted by atomic mass is 9.78. The van der Waals surface area contributed by atoms with Crippen molar-refractivity contribution in [1.29, 1.82) is 0 Å². The third-order valence-corrected chi connectivity index (χ3v) is 6.28.